The van der Waals surface area contributed by atoms with Crippen LogP contribution in [0.25, 0.3) is 0 Å². The van der Waals surface area contributed by atoms with Crippen molar-refractivity contribution in [2.75, 3.05) is 19.7 Å². The van der Waals surface area contributed by atoms with E-state index >= 15 is 0 Å². The van der Waals surface area contributed by atoms with Gasteiger partial charge in [-0.3, -0.25) is 4.79 Å². The number of morpholine rings is 1. The number of benzene rings is 2. The minimum Gasteiger partial charge on any atom is -0.370 e. The summed E-state index contributed by atoms with van der Waals surface area (Å²) >= 11 is 6.13. The number of hydrogen-bond donors (Lipinski definition) is 0. The van der Waals surface area contributed by atoms with Gasteiger partial charge in [-0.1, -0.05) is 54.1 Å². The molecule has 124 valence electrons. The van der Waals surface area contributed by atoms with Crippen LogP contribution in [0.3, 0.4) is 0 Å². The quantitative estimate of drug-likeness (QED) is 0.845. The van der Waals surface area contributed by atoms with E-state index in [1.807, 2.05) is 47.4 Å². The molecule has 4 heteroatoms. The summed E-state index contributed by atoms with van der Waals surface area (Å²) in [5.74, 6) is 0.217. The summed E-state index contributed by atoms with van der Waals surface area (Å²) in [5, 5.41) is 0.690. The molecule has 1 saturated carbocycles. The van der Waals surface area contributed by atoms with Gasteiger partial charge in [-0.15, -0.1) is 0 Å². The van der Waals surface area contributed by atoms with Crippen LogP contribution in [0, 0.1) is 0 Å². The highest BCUT2D eigenvalue weighted by Crippen LogP contribution is 2.50. The Morgan fingerprint density at radius 2 is 1.92 bits per heavy atom. The van der Waals surface area contributed by atoms with Crippen molar-refractivity contribution in [1.82, 2.24) is 4.90 Å². The fourth-order valence-electron chi connectivity index (χ4n) is 3.54. The van der Waals surface area contributed by atoms with E-state index in [-0.39, 0.29) is 17.4 Å². The number of ether oxygens (including phenoxy) is 1. The van der Waals surface area contributed by atoms with Gasteiger partial charge in [-0.05, 0) is 36.1 Å². The highest BCUT2D eigenvalue weighted by Gasteiger charge is 2.53. The van der Waals surface area contributed by atoms with Gasteiger partial charge in [0.2, 0.25) is 5.91 Å². The lowest BCUT2D eigenvalue weighted by molar-refractivity contribution is -0.141. The normalized spacial score (nSPS) is 22.2. The molecule has 0 spiro atoms. The van der Waals surface area contributed by atoms with Crippen LogP contribution in [0.15, 0.2) is 54.6 Å². The number of rotatable bonds is 3. The summed E-state index contributed by atoms with van der Waals surface area (Å²) in [4.78, 5) is 15.2. The number of amides is 1. The van der Waals surface area contributed by atoms with Crippen LogP contribution in [0.1, 0.15) is 30.1 Å². The Balaban J connectivity index is 1.54. The Bertz CT molecular complexity index is 742. The molecule has 1 unspecified atom stereocenters. The van der Waals surface area contributed by atoms with E-state index in [0.717, 1.165) is 24.0 Å². The van der Waals surface area contributed by atoms with Crippen molar-refractivity contribution in [3.8, 4) is 0 Å². The van der Waals surface area contributed by atoms with E-state index in [1.165, 1.54) is 0 Å². The van der Waals surface area contributed by atoms with Gasteiger partial charge in [0.05, 0.1) is 18.6 Å². The highest BCUT2D eigenvalue weighted by atomic mass is 35.5. The van der Waals surface area contributed by atoms with Crippen molar-refractivity contribution in [2.45, 2.75) is 24.4 Å². The summed E-state index contributed by atoms with van der Waals surface area (Å²) in [5.41, 5.74) is 1.80. The first-order chi connectivity index (χ1) is 11.7. The average Bonchev–Trinajstić information content (AvgIpc) is 3.44. The standard InChI is InChI=1S/C20H20ClNO2/c21-17-8-4-7-16(13-17)20(9-10-20)19(23)22-11-12-24-18(14-22)15-5-2-1-3-6-15/h1-8,13,18H,9-12,14H2. The zero-order valence-electron chi connectivity index (χ0n) is 13.5. The largest absolute Gasteiger partial charge is 0.370 e. The van der Waals surface area contributed by atoms with E-state index in [1.54, 1.807) is 0 Å². The third-order valence-corrected chi connectivity index (χ3v) is 5.30. The van der Waals surface area contributed by atoms with Crippen LogP contribution in [0.2, 0.25) is 5.02 Å². The fourth-order valence-corrected chi connectivity index (χ4v) is 3.73. The second kappa shape index (κ2) is 6.23. The highest BCUT2D eigenvalue weighted by molar-refractivity contribution is 6.30. The lowest BCUT2D eigenvalue weighted by atomic mass is 9.93. The third-order valence-electron chi connectivity index (χ3n) is 5.06. The van der Waals surface area contributed by atoms with E-state index in [0.29, 0.717) is 24.7 Å². The predicted molar refractivity (Wildman–Crippen MR) is 94.1 cm³/mol. The van der Waals surface area contributed by atoms with Crippen LogP contribution < -0.4 is 0 Å². The molecule has 2 fully saturated rings. The Morgan fingerprint density at radius 1 is 1.12 bits per heavy atom. The van der Waals surface area contributed by atoms with Gasteiger partial charge >= 0.3 is 0 Å². The number of carbonyl (C=O) groups excluding carboxylic acids is 1. The lowest BCUT2D eigenvalue weighted by Gasteiger charge is -2.35. The molecule has 1 heterocycles. The molecule has 1 aliphatic carbocycles. The first kappa shape index (κ1) is 15.7. The summed E-state index contributed by atoms with van der Waals surface area (Å²) in [7, 11) is 0. The van der Waals surface area contributed by atoms with Crippen LogP contribution >= 0.6 is 11.6 Å². The van der Waals surface area contributed by atoms with Crippen molar-refractivity contribution in [3.63, 3.8) is 0 Å². The molecule has 2 aromatic carbocycles. The molecule has 1 atom stereocenters. The van der Waals surface area contributed by atoms with Gasteiger partial charge in [0, 0.05) is 11.6 Å². The van der Waals surface area contributed by atoms with Crippen LogP contribution in [0.4, 0.5) is 0 Å². The van der Waals surface area contributed by atoms with Crippen molar-refractivity contribution in [2.24, 2.45) is 0 Å². The topological polar surface area (TPSA) is 29.5 Å². The van der Waals surface area contributed by atoms with Gasteiger partial charge in [0.1, 0.15) is 6.10 Å². The van der Waals surface area contributed by atoms with E-state index in [9.17, 15) is 4.79 Å². The third kappa shape index (κ3) is 2.83. The molecule has 1 aliphatic heterocycles. The van der Waals surface area contributed by atoms with Crippen LogP contribution in [-0.2, 0) is 14.9 Å². The van der Waals surface area contributed by atoms with E-state index in [4.69, 9.17) is 16.3 Å². The summed E-state index contributed by atoms with van der Waals surface area (Å²) in [6.07, 6.45) is 1.76. The molecule has 0 bridgehead atoms. The predicted octanol–water partition coefficient (Wildman–Crippen LogP) is 3.97. The second-order valence-corrected chi connectivity index (χ2v) is 7.05. The molecule has 2 aromatic rings. The Labute approximate surface area is 147 Å². The minimum absolute atomic E-state index is 0.0425. The van der Waals surface area contributed by atoms with Gasteiger partial charge in [0.15, 0.2) is 0 Å². The average molecular weight is 342 g/mol. The molecular weight excluding hydrogens is 322 g/mol. The maximum absolute atomic E-state index is 13.2. The number of nitrogens with zero attached hydrogens (tertiary/aromatic N) is 1. The number of carbonyl (C=O) groups is 1. The monoisotopic (exact) mass is 341 g/mol. The van der Waals surface area contributed by atoms with Gasteiger partial charge in [0.25, 0.3) is 0 Å². The van der Waals surface area contributed by atoms with Gasteiger partial charge in [-0.25, -0.2) is 0 Å². The summed E-state index contributed by atoms with van der Waals surface area (Å²) in [6, 6.07) is 17.9. The molecular formula is C20H20ClNO2. The minimum atomic E-state index is -0.372. The van der Waals surface area contributed by atoms with Gasteiger partial charge in [-0.2, -0.15) is 0 Å². The van der Waals surface area contributed by atoms with Crippen molar-refractivity contribution < 1.29 is 9.53 Å². The van der Waals surface area contributed by atoms with Crippen molar-refractivity contribution in [3.05, 3.63) is 70.7 Å². The van der Waals surface area contributed by atoms with Gasteiger partial charge < -0.3 is 9.64 Å². The molecule has 1 amide bonds. The molecule has 4 rings (SSSR count). The SMILES string of the molecule is O=C(N1CCOC(c2ccccc2)C1)C1(c2cccc(Cl)c2)CC1. The zero-order valence-corrected chi connectivity index (χ0v) is 14.2. The second-order valence-electron chi connectivity index (χ2n) is 6.61. The smallest absolute Gasteiger partial charge is 0.233 e. The Hall–Kier alpha value is -1.84. The first-order valence-corrected chi connectivity index (χ1v) is 8.79. The Kier molecular flexibility index (Phi) is 4.07. The van der Waals surface area contributed by atoms with E-state index < -0.39 is 0 Å². The molecule has 0 radical (unpaired) electrons. The number of hydrogen-bond acceptors (Lipinski definition) is 2. The zero-order chi connectivity index (χ0) is 16.6. The molecule has 0 N–H and O–H groups in total. The maximum Gasteiger partial charge on any atom is 0.233 e. The number of halogens is 1. The molecule has 3 nitrogen and oxygen atoms in total. The Morgan fingerprint density at radius 3 is 2.62 bits per heavy atom. The first-order valence-electron chi connectivity index (χ1n) is 8.41. The summed E-state index contributed by atoms with van der Waals surface area (Å²) < 4.78 is 5.89. The molecule has 0 aromatic heterocycles. The van der Waals surface area contributed by atoms with Crippen molar-refractivity contribution in [1.29, 1.82) is 0 Å². The van der Waals surface area contributed by atoms with Crippen molar-refractivity contribution >= 4 is 17.5 Å². The summed E-state index contributed by atoms with van der Waals surface area (Å²) in [6.45, 7) is 1.85. The van der Waals surface area contributed by atoms with Crippen LogP contribution in [-0.4, -0.2) is 30.5 Å². The lowest BCUT2D eigenvalue weighted by Crippen LogP contribution is -2.46. The van der Waals surface area contributed by atoms with Crippen LogP contribution in [0.5, 0.6) is 0 Å². The molecule has 1 saturated heterocycles. The van der Waals surface area contributed by atoms with E-state index in [2.05, 4.69) is 12.1 Å². The fraction of sp³-hybridized carbons (Fsp3) is 0.350. The maximum atomic E-state index is 13.2. The molecule has 24 heavy (non-hydrogen) atoms. The molecule has 2 aliphatic rings.